The SMILES string of the molecule is Cc1cccc(C(=O)Nc2ccc(Cl)cc2C(O)c2ccccc2)c1. The molecule has 0 radical (unpaired) electrons. The summed E-state index contributed by atoms with van der Waals surface area (Å²) >= 11 is 6.10. The van der Waals surface area contributed by atoms with E-state index >= 15 is 0 Å². The lowest BCUT2D eigenvalue weighted by atomic mass is 9.99. The van der Waals surface area contributed by atoms with Gasteiger partial charge in [-0.2, -0.15) is 0 Å². The summed E-state index contributed by atoms with van der Waals surface area (Å²) < 4.78 is 0. The molecule has 0 fully saturated rings. The number of rotatable bonds is 4. The number of halogens is 1. The predicted octanol–water partition coefficient (Wildman–Crippen LogP) is 4.98. The number of carbonyl (C=O) groups is 1. The van der Waals surface area contributed by atoms with Gasteiger partial charge in [0.15, 0.2) is 0 Å². The van der Waals surface area contributed by atoms with Crippen LogP contribution in [0.4, 0.5) is 5.69 Å². The zero-order valence-electron chi connectivity index (χ0n) is 13.7. The van der Waals surface area contributed by atoms with Crippen molar-refractivity contribution in [2.45, 2.75) is 13.0 Å². The van der Waals surface area contributed by atoms with Crippen LogP contribution in [0.3, 0.4) is 0 Å². The largest absolute Gasteiger partial charge is 0.384 e. The lowest BCUT2D eigenvalue weighted by Gasteiger charge is -2.17. The molecule has 0 saturated heterocycles. The van der Waals surface area contributed by atoms with Gasteiger partial charge in [-0.1, -0.05) is 59.6 Å². The van der Waals surface area contributed by atoms with Crippen LogP contribution in [0.1, 0.15) is 33.2 Å². The number of anilines is 1. The highest BCUT2D eigenvalue weighted by Gasteiger charge is 2.17. The number of aliphatic hydroxyl groups excluding tert-OH is 1. The molecule has 0 spiro atoms. The smallest absolute Gasteiger partial charge is 0.255 e. The minimum Gasteiger partial charge on any atom is -0.384 e. The molecular formula is C21H18ClNO2. The first-order chi connectivity index (χ1) is 12.0. The Morgan fingerprint density at radius 1 is 1.00 bits per heavy atom. The zero-order valence-corrected chi connectivity index (χ0v) is 14.5. The molecule has 0 bridgehead atoms. The standard InChI is InChI=1S/C21H18ClNO2/c1-14-6-5-9-16(12-14)21(25)23-19-11-10-17(22)13-18(19)20(24)15-7-3-2-4-8-15/h2-13,20,24H,1H3,(H,23,25). The second kappa shape index (κ2) is 7.51. The molecule has 0 aliphatic heterocycles. The molecule has 3 aromatic carbocycles. The van der Waals surface area contributed by atoms with E-state index in [0.717, 1.165) is 11.1 Å². The summed E-state index contributed by atoms with van der Waals surface area (Å²) in [5.41, 5.74) is 3.39. The second-order valence-electron chi connectivity index (χ2n) is 5.87. The second-order valence-corrected chi connectivity index (χ2v) is 6.30. The van der Waals surface area contributed by atoms with Gasteiger partial charge in [-0.3, -0.25) is 4.79 Å². The molecule has 126 valence electrons. The fourth-order valence-electron chi connectivity index (χ4n) is 2.67. The van der Waals surface area contributed by atoms with Gasteiger partial charge in [0.1, 0.15) is 6.10 Å². The van der Waals surface area contributed by atoms with Crippen LogP contribution < -0.4 is 5.32 Å². The summed E-state index contributed by atoms with van der Waals surface area (Å²) in [5.74, 6) is -0.229. The fraction of sp³-hybridized carbons (Fsp3) is 0.0952. The van der Waals surface area contributed by atoms with Crippen LogP contribution in [0, 0.1) is 6.92 Å². The van der Waals surface area contributed by atoms with E-state index in [1.54, 1.807) is 24.3 Å². The van der Waals surface area contributed by atoms with E-state index in [0.29, 0.717) is 21.8 Å². The maximum Gasteiger partial charge on any atom is 0.255 e. The predicted molar refractivity (Wildman–Crippen MR) is 101 cm³/mol. The van der Waals surface area contributed by atoms with Crippen molar-refractivity contribution in [2.24, 2.45) is 0 Å². The summed E-state index contributed by atoms with van der Waals surface area (Å²) in [7, 11) is 0. The molecule has 4 heteroatoms. The highest BCUT2D eigenvalue weighted by Crippen LogP contribution is 2.31. The molecule has 3 rings (SSSR count). The highest BCUT2D eigenvalue weighted by atomic mass is 35.5. The number of nitrogens with one attached hydrogen (secondary N) is 1. The number of amides is 1. The molecule has 0 aliphatic rings. The first-order valence-corrected chi connectivity index (χ1v) is 8.33. The van der Waals surface area contributed by atoms with Crippen molar-refractivity contribution in [3.63, 3.8) is 0 Å². The third kappa shape index (κ3) is 4.08. The Bertz CT molecular complexity index is 893. The molecule has 1 amide bonds. The van der Waals surface area contributed by atoms with Crippen LogP contribution in [0.15, 0.2) is 72.8 Å². The lowest BCUT2D eigenvalue weighted by Crippen LogP contribution is -2.15. The van der Waals surface area contributed by atoms with Crippen molar-refractivity contribution in [3.05, 3.63) is 100 Å². The Balaban J connectivity index is 1.93. The minimum atomic E-state index is -0.882. The van der Waals surface area contributed by atoms with Gasteiger partial charge in [-0.25, -0.2) is 0 Å². The summed E-state index contributed by atoms with van der Waals surface area (Å²) in [6.07, 6.45) is -0.882. The van der Waals surface area contributed by atoms with Gasteiger partial charge < -0.3 is 10.4 Å². The van der Waals surface area contributed by atoms with Crippen molar-refractivity contribution in [1.82, 2.24) is 0 Å². The van der Waals surface area contributed by atoms with Crippen LogP contribution >= 0.6 is 11.6 Å². The number of benzene rings is 3. The molecule has 0 aliphatic carbocycles. The topological polar surface area (TPSA) is 49.3 Å². The van der Waals surface area contributed by atoms with E-state index < -0.39 is 6.10 Å². The Labute approximate surface area is 151 Å². The molecule has 25 heavy (non-hydrogen) atoms. The van der Waals surface area contributed by atoms with Crippen molar-refractivity contribution in [2.75, 3.05) is 5.32 Å². The van der Waals surface area contributed by atoms with Gasteiger partial charge in [0.05, 0.1) is 0 Å². The zero-order chi connectivity index (χ0) is 17.8. The number of aliphatic hydroxyl groups is 1. The first kappa shape index (κ1) is 17.2. The molecule has 1 atom stereocenters. The third-order valence-electron chi connectivity index (χ3n) is 3.95. The summed E-state index contributed by atoms with van der Waals surface area (Å²) in [6.45, 7) is 1.93. The van der Waals surface area contributed by atoms with Gasteiger partial charge >= 0.3 is 0 Å². The monoisotopic (exact) mass is 351 g/mol. The highest BCUT2D eigenvalue weighted by molar-refractivity contribution is 6.30. The summed E-state index contributed by atoms with van der Waals surface area (Å²) in [6, 6.07) is 21.7. The third-order valence-corrected chi connectivity index (χ3v) is 4.19. The van der Waals surface area contributed by atoms with Crippen molar-refractivity contribution < 1.29 is 9.90 Å². The number of hydrogen-bond donors (Lipinski definition) is 2. The number of aryl methyl sites for hydroxylation is 1. The van der Waals surface area contributed by atoms with Gasteiger partial charge in [0.2, 0.25) is 0 Å². The average molecular weight is 352 g/mol. The maximum atomic E-state index is 12.5. The molecule has 2 N–H and O–H groups in total. The quantitative estimate of drug-likeness (QED) is 0.696. The van der Waals surface area contributed by atoms with Crippen LogP contribution in [0.2, 0.25) is 5.02 Å². The van der Waals surface area contributed by atoms with Crippen molar-refractivity contribution in [1.29, 1.82) is 0 Å². The number of carbonyl (C=O) groups excluding carboxylic acids is 1. The van der Waals surface area contributed by atoms with E-state index in [2.05, 4.69) is 5.32 Å². The molecular weight excluding hydrogens is 334 g/mol. The molecule has 1 unspecified atom stereocenters. The lowest BCUT2D eigenvalue weighted by molar-refractivity contribution is 0.102. The molecule has 0 saturated carbocycles. The van der Waals surface area contributed by atoms with Crippen LogP contribution in [0.5, 0.6) is 0 Å². The maximum absolute atomic E-state index is 12.5. The molecule has 3 aromatic rings. The number of hydrogen-bond acceptors (Lipinski definition) is 2. The van der Waals surface area contributed by atoms with Crippen molar-refractivity contribution in [3.8, 4) is 0 Å². The van der Waals surface area contributed by atoms with E-state index in [-0.39, 0.29) is 5.91 Å². The van der Waals surface area contributed by atoms with E-state index in [1.807, 2.05) is 55.5 Å². The minimum absolute atomic E-state index is 0.229. The Morgan fingerprint density at radius 3 is 2.48 bits per heavy atom. The molecule has 0 aromatic heterocycles. The average Bonchev–Trinajstić information content (AvgIpc) is 2.63. The normalized spacial score (nSPS) is 11.8. The molecule has 3 nitrogen and oxygen atoms in total. The first-order valence-electron chi connectivity index (χ1n) is 7.95. The van der Waals surface area contributed by atoms with Gasteiger partial charge in [-0.15, -0.1) is 0 Å². The Kier molecular flexibility index (Phi) is 5.17. The van der Waals surface area contributed by atoms with Crippen LogP contribution in [-0.4, -0.2) is 11.0 Å². The van der Waals surface area contributed by atoms with E-state index in [1.165, 1.54) is 0 Å². The van der Waals surface area contributed by atoms with Crippen molar-refractivity contribution >= 4 is 23.2 Å². The summed E-state index contributed by atoms with van der Waals surface area (Å²) in [5, 5.41) is 14.1. The van der Waals surface area contributed by atoms with E-state index in [9.17, 15) is 9.90 Å². The Morgan fingerprint density at radius 2 is 1.76 bits per heavy atom. The fourth-order valence-corrected chi connectivity index (χ4v) is 2.85. The van der Waals surface area contributed by atoms with Gasteiger partial charge in [-0.05, 0) is 42.8 Å². The summed E-state index contributed by atoms with van der Waals surface area (Å²) in [4.78, 5) is 12.5. The van der Waals surface area contributed by atoms with Crippen LogP contribution in [0.25, 0.3) is 0 Å². The van der Waals surface area contributed by atoms with Gasteiger partial charge in [0.25, 0.3) is 5.91 Å². The molecule has 0 heterocycles. The van der Waals surface area contributed by atoms with Gasteiger partial charge in [0, 0.05) is 21.8 Å². The Hall–Kier alpha value is -2.62. The van der Waals surface area contributed by atoms with Crippen LogP contribution in [-0.2, 0) is 0 Å². The van der Waals surface area contributed by atoms with E-state index in [4.69, 9.17) is 11.6 Å².